The van der Waals surface area contributed by atoms with Gasteiger partial charge in [-0.05, 0) is 43.9 Å². The number of nitrogens with one attached hydrogen (secondary N) is 2. The van der Waals surface area contributed by atoms with E-state index in [4.69, 9.17) is 9.47 Å². The molecule has 2 fully saturated rings. The average molecular weight is 436 g/mol. The van der Waals surface area contributed by atoms with E-state index in [0.717, 1.165) is 12.8 Å². The molecule has 0 aliphatic carbocycles. The predicted molar refractivity (Wildman–Crippen MR) is 114 cm³/mol. The summed E-state index contributed by atoms with van der Waals surface area (Å²) < 4.78 is 11.1. The molecule has 30 heavy (non-hydrogen) atoms. The molecule has 0 saturated carbocycles. The molecule has 2 aliphatic rings. The topological polar surface area (TPSA) is 97.0 Å². The van der Waals surface area contributed by atoms with E-state index in [9.17, 15) is 14.4 Å². The van der Waals surface area contributed by atoms with E-state index in [0.29, 0.717) is 41.8 Å². The number of rotatable bonds is 7. The van der Waals surface area contributed by atoms with Crippen molar-refractivity contribution in [1.82, 2.24) is 15.8 Å². The van der Waals surface area contributed by atoms with Gasteiger partial charge in [0.25, 0.3) is 11.8 Å². The van der Waals surface area contributed by atoms with Crippen LogP contribution in [0.4, 0.5) is 0 Å². The number of methoxy groups -OCH3 is 1. The maximum absolute atomic E-state index is 12.6. The van der Waals surface area contributed by atoms with Gasteiger partial charge in [0.2, 0.25) is 5.91 Å². The van der Waals surface area contributed by atoms with Gasteiger partial charge in [-0.15, -0.1) is 11.8 Å². The third kappa shape index (κ3) is 4.66. The molecule has 1 aromatic rings. The first kappa shape index (κ1) is 22.3. The van der Waals surface area contributed by atoms with Crippen LogP contribution in [0.5, 0.6) is 11.5 Å². The lowest BCUT2D eigenvalue weighted by atomic mass is 10.1. The Kier molecular flexibility index (Phi) is 6.80. The van der Waals surface area contributed by atoms with Gasteiger partial charge in [0, 0.05) is 17.7 Å². The Morgan fingerprint density at radius 3 is 2.77 bits per heavy atom. The maximum Gasteiger partial charge on any atom is 0.269 e. The van der Waals surface area contributed by atoms with Crippen molar-refractivity contribution in [2.45, 2.75) is 50.9 Å². The largest absolute Gasteiger partial charge is 0.493 e. The molecule has 2 aliphatic heterocycles. The highest BCUT2D eigenvalue weighted by atomic mass is 32.2. The molecule has 0 aromatic heterocycles. The van der Waals surface area contributed by atoms with E-state index in [1.54, 1.807) is 34.9 Å². The molecule has 164 valence electrons. The van der Waals surface area contributed by atoms with Gasteiger partial charge in [0.15, 0.2) is 11.5 Å². The summed E-state index contributed by atoms with van der Waals surface area (Å²) in [5.74, 6) is 1.16. The van der Waals surface area contributed by atoms with Gasteiger partial charge in [-0.3, -0.25) is 25.2 Å². The van der Waals surface area contributed by atoms with E-state index < -0.39 is 17.9 Å². The number of hydrogen-bond acceptors (Lipinski definition) is 6. The number of hydrazine groups is 1. The van der Waals surface area contributed by atoms with E-state index in [1.807, 2.05) is 6.92 Å². The standard InChI is InChI=1S/C21H29N3O5S/c1-13(2)8-10-29-16-6-5-14(11-17(16)28-4)19(26)22-23-20(27)15-12-30-21(3)9-7-18(25)24(15)21/h5-6,11,13,15H,7-10,12H2,1-4H3,(H,22,26)(H,23,27)/t15-,21-/m0/s1. The van der Waals surface area contributed by atoms with Crippen LogP contribution >= 0.6 is 11.8 Å². The van der Waals surface area contributed by atoms with Crippen LogP contribution in [-0.2, 0) is 9.59 Å². The van der Waals surface area contributed by atoms with Crippen LogP contribution in [0, 0.1) is 5.92 Å². The lowest BCUT2D eigenvalue weighted by molar-refractivity contribution is -0.138. The molecule has 2 heterocycles. The van der Waals surface area contributed by atoms with Crippen LogP contribution in [0.15, 0.2) is 18.2 Å². The summed E-state index contributed by atoms with van der Waals surface area (Å²) in [6.07, 6.45) is 2.10. The van der Waals surface area contributed by atoms with Crippen molar-refractivity contribution < 1.29 is 23.9 Å². The summed E-state index contributed by atoms with van der Waals surface area (Å²) in [4.78, 5) is 38.6. The van der Waals surface area contributed by atoms with Gasteiger partial charge in [-0.1, -0.05) is 13.8 Å². The van der Waals surface area contributed by atoms with Gasteiger partial charge in [0.1, 0.15) is 6.04 Å². The predicted octanol–water partition coefficient (Wildman–Crippen LogP) is 2.34. The van der Waals surface area contributed by atoms with E-state index in [1.165, 1.54) is 7.11 Å². The third-order valence-electron chi connectivity index (χ3n) is 5.43. The van der Waals surface area contributed by atoms with Gasteiger partial charge >= 0.3 is 0 Å². The smallest absolute Gasteiger partial charge is 0.269 e. The Balaban J connectivity index is 1.58. The maximum atomic E-state index is 12.6. The Morgan fingerprint density at radius 2 is 2.07 bits per heavy atom. The van der Waals surface area contributed by atoms with Crippen LogP contribution in [0.3, 0.4) is 0 Å². The quantitative estimate of drug-likeness (QED) is 0.638. The van der Waals surface area contributed by atoms with Crippen molar-refractivity contribution >= 4 is 29.5 Å². The minimum Gasteiger partial charge on any atom is -0.493 e. The highest BCUT2D eigenvalue weighted by Crippen LogP contribution is 2.47. The second-order valence-corrected chi connectivity index (χ2v) is 9.61. The number of nitrogens with zero attached hydrogens (tertiary/aromatic N) is 1. The molecule has 2 atom stereocenters. The molecule has 3 amide bonds. The van der Waals surface area contributed by atoms with Crippen LogP contribution in [0.25, 0.3) is 0 Å². The SMILES string of the molecule is COc1cc(C(=O)NNC(=O)[C@@H]2CS[C@@]3(C)CCC(=O)N23)ccc1OCCC(C)C. The summed E-state index contributed by atoms with van der Waals surface area (Å²) >= 11 is 1.60. The van der Waals surface area contributed by atoms with Crippen molar-refractivity contribution in [3.63, 3.8) is 0 Å². The third-order valence-corrected chi connectivity index (χ3v) is 6.93. The van der Waals surface area contributed by atoms with Gasteiger partial charge in [0.05, 0.1) is 18.6 Å². The average Bonchev–Trinajstić information content (AvgIpc) is 3.21. The molecule has 1 aromatic carbocycles. The van der Waals surface area contributed by atoms with E-state index >= 15 is 0 Å². The van der Waals surface area contributed by atoms with E-state index in [2.05, 4.69) is 24.7 Å². The van der Waals surface area contributed by atoms with Crippen LogP contribution in [0.1, 0.15) is 50.4 Å². The number of ether oxygens (including phenoxy) is 2. The first-order chi connectivity index (χ1) is 14.2. The summed E-state index contributed by atoms with van der Waals surface area (Å²) in [5.41, 5.74) is 5.21. The van der Waals surface area contributed by atoms with Crippen molar-refractivity contribution in [1.29, 1.82) is 0 Å². The number of fused-ring (bicyclic) bond motifs is 1. The molecule has 3 rings (SSSR count). The monoisotopic (exact) mass is 435 g/mol. The highest BCUT2D eigenvalue weighted by molar-refractivity contribution is 8.01. The normalized spacial score (nSPS) is 22.8. The number of amides is 3. The molecule has 2 N–H and O–H groups in total. The minimum atomic E-state index is -0.582. The fraction of sp³-hybridized carbons (Fsp3) is 0.571. The summed E-state index contributed by atoms with van der Waals surface area (Å²) in [6.45, 7) is 6.77. The number of hydrogen-bond donors (Lipinski definition) is 2. The first-order valence-electron chi connectivity index (χ1n) is 10.1. The Morgan fingerprint density at radius 1 is 1.30 bits per heavy atom. The van der Waals surface area contributed by atoms with E-state index in [-0.39, 0.29) is 10.8 Å². The van der Waals surface area contributed by atoms with Gasteiger partial charge in [-0.2, -0.15) is 0 Å². The second-order valence-electron chi connectivity index (χ2n) is 8.11. The van der Waals surface area contributed by atoms with Crippen molar-refractivity contribution in [3.05, 3.63) is 23.8 Å². The number of carbonyl (C=O) groups is 3. The summed E-state index contributed by atoms with van der Waals surface area (Å²) in [6, 6.07) is 4.28. The Labute approximate surface area is 181 Å². The van der Waals surface area contributed by atoms with Crippen LogP contribution in [0.2, 0.25) is 0 Å². The zero-order chi connectivity index (χ0) is 21.9. The number of carbonyl (C=O) groups excluding carboxylic acids is 3. The molecular formula is C21H29N3O5S. The molecule has 9 heteroatoms. The van der Waals surface area contributed by atoms with Gasteiger partial charge < -0.3 is 14.4 Å². The van der Waals surface area contributed by atoms with Crippen LogP contribution in [-0.4, -0.2) is 53.0 Å². The molecule has 0 unspecified atom stereocenters. The molecule has 8 nitrogen and oxygen atoms in total. The fourth-order valence-electron chi connectivity index (χ4n) is 3.62. The van der Waals surface area contributed by atoms with Crippen LogP contribution < -0.4 is 20.3 Å². The molecule has 0 radical (unpaired) electrons. The van der Waals surface area contributed by atoms with Crippen molar-refractivity contribution in [2.75, 3.05) is 19.5 Å². The van der Waals surface area contributed by atoms with Crippen molar-refractivity contribution in [2.24, 2.45) is 5.92 Å². The van der Waals surface area contributed by atoms with Gasteiger partial charge in [-0.25, -0.2) is 0 Å². The first-order valence-corrected chi connectivity index (χ1v) is 11.1. The lowest BCUT2D eigenvalue weighted by Gasteiger charge is -2.29. The molecule has 0 spiro atoms. The molecule has 0 bridgehead atoms. The molecular weight excluding hydrogens is 406 g/mol. The zero-order valence-corrected chi connectivity index (χ0v) is 18.6. The lowest BCUT2D eigenvalue weighted by Crippen LogP contribution is -2.54. The summed E-state index contributed by atoms with van der Waals surface area (Å²) in [5, 5.41) is 0. The summed E-state index contributed by atoms with van der Waals surface area (Å²) in [7, 11) is 1.51. The minimum absolute atomic E-state index is 0.0215. The number of thioether (sulfide) groups is 1. The Hall–Kier alpha value is -2.42. The molecule has 2 saturated heterocycles. The number of benzene rings is 1. The highest BCUT2D eigenvalue weighted by Gasteiger charge is 2.52. The second kappa shape index (κ2) is 9.16. The fourth-order valence-corrected chi connectivity index (χ4v) is 5.05. The van der Waals surface area contributed by atoms with Crippen molar-refractivity contribution in [3.8, 4) is 11.5 Å². The zero-order valence-electron chi connectivity index (χ0n) is 17.8. The Bertz CT molecular complexity index is 831.